The van der Waals surface area contributed by atoms with E-state index < -0.39 is 14.4 Å². The SMILES string of the molecule is CC(C)(C)[Si](OC[C@@H](O)[C@H]1CCCO1)(c1ccccc1)c1ccccc1. The van der Waals surface area contributed by atoms with E-state index in [-0.39, 0.29) is 11.1 Å². The van der Waals surface area contributed by atoms with Gasteiger partial charge in [-0.25, -0.2) is 0 Å². The summed E-state index contributed by atoms with van der Waals surface area (Å²) in [7, 11) is -2.58. The van der Waals surface area contributed by atoms with Gasteiger partial charge in [-0.15, -0.1) is 0 Å². The van der Waals surface area contributed by atoms with Crippen molar-refractivity contribution in [2.24, 2.45) is 0 Å². The van der Waals surface area contributed by atoms with Crippen LogP contribution in [0.25, 0.3) is 0 Å². The zero-order chi connectivity index (χ0) is 18.6. The summed E-state index contributed by atoms with van der Waals surface area (Å²) < 4.78 is 12.4. The lowest BCUT2D eigenvalue weighted by atomic mass is 10.1. The van der Waals surface area contributed by atoms with Crippen LogP contribution in [-0.4, -0.2) is 38.8 Å². The summed E-state index contributed by atoms with van der Waals surface area (Å²) in [5.41, 5.74) is 0. The molecule has 140 valence electrons. The van der Waals surface area contributed by atoms with Crippen LogP contribution in [0.3, 0.4) is 0 Å². The van der Waals surface area contributed by atoms with E-state index in [1.165, 1.54) is 10.4 Å². The third-order valence-corrected chi connectivity index (χ3v) is 10.3. The second-order valence-electron chi connectivity index (χ2n) is 8.09. The standard InChI is InChI=1S/C22H30O3Si/c1-22(2,3)26(18-11-6-4-7-12-18,19-13-8-5-9-14-19)25-17-20(23)21-15-10-16-24-21/h4-9,11-14,20-21,23H,10,15-17H2,1-3H3/t20-,21-/m1/s1. The summed E-state index contributed by atoms with van der Waals surface area (Å²) in [6.45, 7) is 7.78. The van der Waals surface area contributed by atoms with Crippen LogP contribution in [-0.2, 0) is 9.16 Å². The van der Waals surface area contributed by atoms with E-state index in [9.17, 15) is 5.11 Å². The second kappa shape index (κ2) is 8.05. The lowest BCUT2D eigenvalue weighted by molar-refractivity contribution is -0.0248. The van der Waals surface area contributed by atoms with Gasteiger partial charge in [-0.1, -0.05) is 81.4 Å². The summed E-state index contributed by atoms with van der Waals surface area (Å²) in [5.74, 6) is 0. The van der Waals surface area contributed by atoms with Crippen molar-refractivity contribution < 1.29 is 14.3 Å². The molecule has 1 N–H and O–H groups in total. The summed E-state index contributed by atoms with van der Waals surface area (Å²) in [4.78, 5) is 0. The number of hydrogen-bond acceptors (Lipinski definition) is 3. The first-order chi connectivity index (χ1) is 12.4. The molecule has 2 atom stereocenters. The van der Waals surface area contributed by atoms with Crippen LogP contribution < -0.4 is 10.4 Å². The molecule has 0 bridgehead atoms. The number of rotatable bonds is 6. The molecule has 0 spiro atoms. The molecule has 3 rings (SSSR count). The Morgan fingerprint density at radius 1 is 1.04 bits per heavy atom. The van der Waals surface area contributed by atoms with Crippen molar-refractivity contribution in [2.45, 2.75) is 50.9 Å². The monoisotopic (exact) mass is 370 g/mol. The van der Waals surface area contributed by atoms with Gasteiger partial charge in [0.05, 0.1) is 12.7 Å². The first kappa shape index (κ1) is 19.3. The molecule has 0 radical (unpaired) electrons. The Labute approximate surface area is 158 Å². The molecule has 1 aliphatic heterocycles. The van der Waals surface area contributed by atoms with Gasteiger partial charge >= 0.3 is 0 Å². The van der Waals surface area contributed by atoms with Crippen molar-refractivity contribution in [1.29, 1.82) is 0 Å². The van der Waals surface area contributed by atoms with Crippen molar-refractivity contribution in [3.63, 3.8) is 0 Å². The third kappa shape index (κ3) is 3.79. The van der Waals surface area contributed by atoms with Crippen LogP contribution in [0.2, 0.25) is 5.04 Å². The van der Waals surface area contributed by atoms with Gasteiger partial charge < -0.3 is 14.3 Å². The van der Waals surface area contributed by atoms with Gasteiger partial charge in [0, 0.05) is 6.61 Å². The molecule has 3 nitrogen and oxygen atoms in total. The highest BCUT2D eigenvalue weighted by molar-refractivity contribution is 6.99. The Hall–Kier alpha value is -1.46. The summed E-state index contributed by atoms with van der Waals surface area (Å²) >= 11 is 0. The van der Waals surface area contributed by atoms with Crippen LogP contribution in [0.15, 0.2) is 60.7 Å². The van der Waals surface area contributed by atoms with Crippen molar-refractivity contribution >= 4 is 18.7 Å². The minimum atomic E-state index is -2.58. The first-order valence-corrected chi connectivity index (χ1v) is 11.4. The number of ether oxygens (including phenoxy) is 1. The Balaban J connectivity index is 2.00. The minimum Gasteiger partial charge on any atom is -0.405 e. The summed E-state index contributed by atoms with van der Waals surface area (Å²) in [6, 6.07) is 21.1. The molecule has 1 saturated heterocycles. The highest BCUT2D eigenvalue weighted by atomic mass is 28.4. The number of benzene rings is 2. The molecule has 0 amide bonds. The topological polar surface area (TPSA) is 38.7 Å². The Morgan fingerprint density at radius 2 is 1.58 bits per heavy atom. The molecule has 1 fully saturated rings. The highest BCUT2D eigenvalue weighted by Gasteiger charge is 2.50. The van der Waals surface area contributed by atoms with E-state index in [1.54, 1.807) is 0 Å². The number of aliphatic hydroxyl groups excluding tert-OH is 1. The molecule has 26 heavy (non-hydrogen) atoms. The van der Waals surface area contributed by atoms with Gasteiger partial charge in [-0.2, -0.15) is 0 Å². The molecule has 0 aromatic heterocycles. The number of aliphatic hydroxyl groups is 1. The van der Waals surface area contributed by atoms with Gasteiger partial charge in [0.25, 0.3) is 8.32 Å². The summed E-state index contributed by atoms with van der Waals surface area (Å²) in [6.07, 6.45) is 1.24. The van der Waals surface area contributed by atoms with E-state index in [0.717, 1.165) is 19.4 Å². The maximum atomic E-state index is 10.6. The molecule has 4 heteroatoms. The molecule has 1 heterocycles. The molecule has 2 aromatic carbocycles. The third-order valence-electron chi connectivity index (χ3n) is 5.28. The quantitative estimate of drug-likeness (QED) is 0.794. The highest BCUT2D eigenvalue weighted by Crippen LogP contribution is 2.37. The lowest BCUT2D eigenvalue weighted by Crippen LogP contribution is -2.67. The summed E-state index contributed by atoms with van der Waals surface area (Å²) in [5, 5.41) is 13.0. The van der Waals surface area contributed by atoms with E-state index in [4.69, 9.17) is 9.16 Å². The largest absolute Gasteiger partial charge is 0.405 e. The van der Waals surface area contributed by atoms with Crippen LogP contribution in [0.4, 0.5) is 0 Å². The minimum absolute atomic E-state index is 0.0774. The lowest BCUT2D eigenvalue weighted by Gasteiger charge is -2.43. The fraction of sp³-hybridized carbons (Fsp3) is 0.455. The van der Waals surface area contributed by atoms with E-state index in [1.807, 2.05) is 12.1 Å². The van der Waals surface area contributed by atoms with Gasteiger partial charge in [-0.05, 0) is 28.3 Å². The number of hydrogen-bond donors (Lipinski definition) is 1. The zero-order valence-electron chi connectivity index (χ0n) is 16.0. The van der Waals surface area contributed by atoms with Gasteiger partial charge in [0.2, 0.25) is 0 Å². The first-order valence-electron chi connectivity index (χ1n) is 9.50. The second-order valence-corrected chi connectivity index (χ2v) is 12.4. The molecule has 2 aromatic rings. The predicted molar refractivity (Wildman–Crippen MR) is 109 cm³/mol. The van der Waals surface area contributed by atoms with Gasteiger partial charge in [-0.3, -0.25) is 0 Å². The predicted octanol–water partition coefficient (Wildman–Crippen LogP) is 3.10. The van der Waals surface area contributed by atoms with Crippen LogP contribution in [0, 0.1) is 0 Å². The Kier molecular flexibility index (Phi) is 5.98. The molecule has 0 saturated carbocycles. The van der Waals surface area contributed by atoms with Crippen LogP contribution in [0.5, 0.6) is 0 Å². The molecular weight excluding hydrogens is 340 g/mol. The van der Waals surface area contributed by atoms with Crippen molar-refractivity contribution in [1.82, 2.24) is 0 Å². The van der Waals surface area contributed by atoms with Crippen molar-refractivity contribution in [3.8, 4) is 0 Å². The van der Waals surface area contributed by atoms with E-state index >= 15 is 0 Å². The fourth-order valence-electron chi connectivity index (χ4n) is 3.99. The normalized spacial score (nSPS) is 19.5. The smallest absolute Gasteiger partial charge is 0.261 e. The van der Waals surface area contributed by atoms with Crippen LogP contribution in [0.1, 0.15) is 33.6 Å². The maximum absolute atomic E-state index is 10.6. The molecule has 0 unspecified atom stereocenters. The molecular formula is C22H30O3Si. The maximum Gasteiger partial charge on any atom is 0.261 e. The van der Waals surface area contributed by atoms with Gasteiger partial charge in [0.1, 0.15) is 6.10 Å². The average Bonchev–Trinajstić information content (AvgIpc) is 3.17. The van der Waals surface area contributed by atoms with Gasteiger partial charge in [0.15, 0.2) is 0 Å². The zero-order valence-corrected chi connectivity index (χ0v) is 17.0. The Morgan fingerprint density at radius 3 is 2.00 bits per heavy atom. The molecule has 1 aliphatic rings. The van der Waals surface area contributed by atoms with E-state index in [0.29, 0.717) is 6.61 Å². The molecule has 0 aliphatic carbocycles. The van der Waals surface area contributed by atoms with Crippen LogP contribution >= 0.6 is 0 Å². The fourth-order valence-corrected chi connectivity index (χ4v) is 8.56. The van der Waals surface area contributed by atoms with Crippen molar-refractivity contribution in [2.75, 3.05) is 13.2 Å². The average molecular weight is 371 g/mol. The van der Waals surface area contributed by atoms with E-state index in [2.05, 4.69) is 69.3 Å². The van der Waals surface area contributed by atoms with Crippen molar-refractivity contribution in [3.05, 3.63) is 60.7 Å². The Bertz CT molecular complexity index is 636.